The van der Waals surface area contributed by atoms with Crippen LogP contribution >= 0.6 is 24.8 Å². The van der Waals surface area contributed by atoms with Crippen LogP contribution in [0.4, 0.5) is 0 Å². The molecule has 10 heavy (non-hydrogen) atoms. The average Bonchev–Trinajstić information content (AvgIpc) is 1.85. The van der Waals surface area contributed by atoms with Crippen LogP contribution in [0, 0.1) is 0 Å². The second kappa shape index (κ2) is 8.45. The largest absolute Gasteiger partial charge is 0.466 e. The van der Waals surface area contributed by atoms with Crippen molar-refractivity contribution < 1.29 is 9.53 Å². The Morgan fingerprint density at radius 1 is 1.90 bits per heavy atom. The fourth-order valence-electron chi connectivity index (χ4n) is 0.0833. The monoisotopic (exact) mass is 179 g/mol. The van der Waals surface area contributed by atoms with Gasteiger partial charge in [0.2, 0.25) is 0 Å². The molecule has 3 nitrogen and oxygen atoms in total. The molecule has 0 aromatic carbocycles. The van der Waals surface area contributed by atoms with E-state index in [-0.39, 0.29) is 4.32 Å². The SMILES string of the molecule is C=CC(=O)OC.NC(=S)S. The minimum absolute atomic E-state index is 0.194. The van der Waals surface area contributed by atoms with E-state index >= 15 is 0 Å². The van der Waals surface area contributed by atoms with E-state index in [1.54, 1.807) is 0 Å². The highest BCUT2D eigenvalue weighted by atomic mass is 32.1. The van der Waals surface area contributed by atoms with Gasteiger partial charge in [-0.25, -0.2) is 4.79 Å². The van der Waals surface area contributed by atoms with Crippen molar-refractivity contribution in [3.05, 3.63) is 12.7 Å². The van der Waals surface area contributed by atoms with Gasteiger partial charge in [0.1, 0.15) is 4.32 Å². The van der Waals surface area contributed by atoms with Gasteiger partial charge in [-0.3, -0.25) is 0 Å². The number of carbonyl (C=O) groups is 1. The lowest BCUT2D eigenvalue weighted by Crippen LogP contribution is -1.94. The molecule has 0 aromatic heterocycles. The fraction of sp³-hybridized carbons (Fsp3) is 0.200. The smallest absolute Gasteiger partial charge is 0.329 e. The molecule has 0 unspecified atom stereocenters. The van der Waals surface area contributed by atoms with Crippen molar-refractivity contribution in [2.45, 2.75) is 0 Å². The Bertz CT molecular complexity index is 132. The van der Waals surface area contributed by atoms with E-state index in [4.69, 9.17) is 5.73 Å². The van der Waals surface area contributed by atoms with E-state index < -0.39 is 5.97 Å². The molecule has 58 valence electrons. The maximum atomic E-state index is 9.84. The van der Waals surface area contributed by atoms with Crippen LogP contribution in [0.25, 0.3) is 0 Å². The molecule has 5 heteroatoms. The Morgan fingerprint density at radius 2 is 2.20 bits per heavy atom. The lowest BCUT2D eigenvalue weighted by atomic mass is 10.7. The van der Waals surface area contributed by atoms with Crippen LogP contribution in [0.15, 0.2) is 12.7 Å². The minimum Gasteiger partial charge on any atom is -0.466 e. The summed E-state index contributed by atoms with van der Waals surface area (Å²) in [5.41, 5.74) is 4.71. The highest BCUT2D eigenvalue weighted by Gasteiger charge is 1.81. The highest BCUT2D eigenvalue weighted by Crippen LogP contribution is 1.67. The number of hydrogen-bond donors (Lipinski definition) is 2. The van der Waals surface area contributed by atoms with Gasteiger partial charge in [-0.15, -0.1) is 12.6 Å². The normalized spacial score (nSPS) is 6.60. The van der Waals surface area contributed by atoms with E-state index in [1.165, 1.54) is 7.11 Å². The summed E-state index contributed by atoms with van der Waals surface area (Å²) in [6.07, 6.45) is 1.11. The number of esters is 1. The molecule has 0 rings (SSSR count). The molecule has 0 bridgehead atoms. The molecule has 0 heterocycles. The predicted molar refractivity (Wildman–Crippen MR) is 48.0 cm³/mol. The first-order chi connectivity index (χ1) is 4.54. The molecular weight excluding hydrogens is 170 g/mol. The molecule has 0 aliphatic carbocycles. The van der Waals surface area contributed by atoms with E-state index in [0.29, 0.717) is 0 Å². The van der Waals surface area contributed by atoms with Gasteiger partial charge in [-0.05, 0) is 0 Å². The Balaban J connectivity index is 0. The van der Waals surface area contributed by atoms with Crippen LogP contribution < -0.4 is 5.73 Å². The van der Waals surface area contributed by atoms with Gasteiger partial charge in [0.25, 0.3) is 0 Å². The van der Waals surface area contributed by atoms with Crippen molar-refractivity contribution >= 4 is 35.1 Å². The Hall–Kier alpha value is -0.550. The van der Waals surface area contributed by atoms with Gasteiger partial charge in [0, 0.05) is 6.08 Å². The molecule has 2 N–H and O–H groups in total. The maximum absolute atomic E-state index is 9.84. The molecule has 0 spiro atoms. The number of hydrogen-bond acceptors (Lipinski definition) is 3. The molecule has 0 saturated carbocycles. The molecule has 0 aliphatic rings. The molecule has 0 radical (unpaired) electrons. The fourth-order valence-corrected chi connectivity index (χ4v) is 0.0833. The van der Waals surface area contributed by atoms with Gasteiger partial charge < -0.3 is 10.5 Å². The molecule has 0 aliphatic heterocycles. The first-order valence-corrected chi connectivity index (χ1v) is 3.09. The summed E-state index contributed by atoms with van der Waals surface area (Å²) in [6, 6.07) is 0. The summed E-state index contributed by atoms with van der Waals surface area (Å²) in [5.74, 6) is -0.394. The van der Waals surface area contributed by atoms with Crippen LogP contribution in [-0.4, -0.2) is 17.4 Å². The number of ether oxygens (including phenoxy) is 1. The number of carbonyl (C=O) groups excluding carboxylic acids is 1. The molecular formula is C5H9NO2S2. The summed E-state index contributed by atoms with van der Waals surface area (Å²) in [7, 11) is 1.31. The third-order valence-corrected chi connectivity index (χ3v) is 0.368. The van der Waals surface area contributed by atoms with Crippen LogP contribution in [0.1, 0.15) is 0 Å². The van der Waals surface area contributed by atoms with Crippen molar-refractivity contribution in [1.29, 1.82) is 0 Å². The van der Waals surface area contributed by atoms with Gasteiger partial charge in [0.15, 0.2) is 0 Å². The summed E-state index contributed by atoms with van der Waals surface area (Å²) in [6.45, 7) is 3.16. The topological polar surface area (TPSA) is 52.3 Å². The average molecular weight is 179 g/mol. The minimum atomic E-state index is -0.394. The second-order valence-electron chi connectivity index (χ2n) is 1.07. The number of rotatable bonds is 1. The molecule has 0 saturated heterocycles. The van der Waals surface area contributed by atoms with Crippen molar-refractivity contribution in [1.82, 2.24) is 0 Å². The zero-order valence-corrected chi connectivity index (χ0v) is 7.24. The van der Waals surface area contributed by atoms with Crippen molar-refractivity contribution in [2.24, 2.45) is 5.73 Å². The van der Waals surface area contributed by atoms with Crippen LogP contribution in [0.3, 0.4) is 0 Å². The van der Waals surface area contributed by atoms with Gasteiger partial charge in [-0.2, -0.15) is 0 Å². The molecule has 0 amide bonds. The van der Waals surface area contributed by atoms with Crippen molar-refractivity contribution in [3.8, 4) is 0 Å². The highest BCUT2D eigenvalue weighted by molar-refractivity contribution is 8.10. The summed E-state index contributed by atoms with van der Waals surface area (Å²) in [4.78, 5) is 9.84. The standard InChI is InChI=1S/C4H6O2.CH3NS2/c1-3-4(5)6-2;2-1(3)4/h3H,1H2,2H3;(H3,2,3,4). The first kappa shape index (κ1) is 12.2. The van der Waals surface area contributed by atoms with Gasteiger partial charge in [0.05, 0.1) is 7.11 Å². The lowest BCUT2D eigenvalue weighted by Gasteiger charge is -1.83. The number of nitrogens with two attached hydrogens (primary N) is 1. The maximum Gasteiger partial charge on any atom is 0.329 e. The van der Waals surface area contributed by atoms with Gasteiger partial charge >= 0.3 is 5.97 Å². The second-order valence-corrected chi connectivity index (χ2v) is 2.29. The Labute approximate surface area is 70.6 Å². The Kier molecular flexibility index (Phi) is 10.3. The summed E-state index contributed by atoms with van der Waals surface area (Å²) in [5, 5.41) is 0. The molecule has 0 atom stereocenters. The van der Waals surface area contributed by atoms with Crippen molar-refractivity contribution in [2.75, 3.05) is 7.11 Å². The summed E-state index contributed by atoms with van der Waals surface area (Å²) < 4.78 is 4.34. The number of methoxy groups -OCH3 is 1. The Morgan fingerprint density at radius 3 is 2.20 bits per heavy atom. The van der Waals surface area contributed by atoms with E-state index in [9.17, 15) is 4.79 Å². The first-order valence-electron chi connectivity index (χ1n) is 2.23. The van der Waals surface area contributed by atoms with E-state index in [2.05, 4.69) is 36.2 Å². The van der Waals surface area contributed by atoms with Gasteiger partial charge in [-0.1, -0.05) is 18.8 Å². The van der Waals surface area contributed by atoms with Crippen LogP contribution in [-0.2, 0) is 9.53 Å². The third kappa shape index (κ3) is 26.0. The zero-order valence-electron chi connectivity index (χ0n) is 5.53. The number of thiocarbonyl (C=S) groups is 1. The quantitative estimate of drug-likeness (QED) is 0.266. The van der Waals surface area contributed by atoms with E-state index in [0.717, 1.165) is 6.08 Å². The molecule has 0 aromatic rings. The zero-order chi connectivity index (χ0) is 8.57. The summed E-state index contributed by atoms with van der Waals surface area (Å²) >= 11 is 7.65. The lowest BCUT2D eigenvalue weighted by molar-refractivity contribution is -0.134. The number of thiol groups is 1. The van der Waals surface area contributed by atoms with Crippen LogP contribution in [0.2, 0.25) is 0 Å². The molecule has 0 fully saturated rings. The third-order valence-electron chi connectivity index (χ3n) is 0.368. The van der Waals surface area contributed by atoms with Crippen LogP contribution in [0.5, 0.6) is 0 Å². The van der Waals surface area contributed by atoms with Crippen molar-refractivity contribution in [3.63, 3.8) is 0 Å². The van der Waals surface area contributed by atoms with E-state index in [1.807, 2.05) is 0 Å². The predicted octanol–water partition coefficient (Wildman–Crippen LogP) is 0.505.